The predicted molar refractivity (Wildman–Crippen MR) is 84.9 cm³/mol. The van der Waals surface area contributed by atoms with Gasteiger partial charge in [0.15, 0.2) is 5.65 Å². The summed E-state index contributed by atoms with van der Waals surface area (Å²) in [6.45, 7) is 4.67. The molecule has 0 aliphatic heterocycles. The predicted octanol–water partition coefficient (Wildman–Crippen LogP) is 4.18. The van der Waals surface area contributed by atoms with Crippen LogP contribution < -0.4 is 4.74 Å². The van der Waals surface area contributed by atoms with E-state index in [9.17, 15) is 0 Å². The van der Waals surface area contributed by atoms with E-state index >= 15 is 0 Å². The van der Waals surface area contributed by atoms with Crippen molar-refractivity contribution in [3.8, 4) is 5.88 Å². The maximum Gasteiger partial charge on any atom is 0.215 e. The number of fused-ring (bicyclic) bond motifs is 1. The van der Waals surface area contributed by atoms with Crippen LogP contribution in [0.2, 0.25) is 0 Å². The van der Waals surface area contributed by atoms with Crippen molar-refractivity contribution in [2.45, 2.75) is 45.0 Å². The van der Waals surface area contributed by atoms with E-state index in [4.69, 9.17) is 16.3 Å². The third-order valence-corrected chi connectivity index (χ3v) is 5.15. The molecule has 0 spiro atoms. The second kappa shape index (κ2) is 5.84. The van der Waals surface area contributed by atoms with Crippen LogP contribution in [0.1, 0.15) is 45.0 Å². The van der Waals surface area contributed by atoms with Crippen molar-refractivity contribution in [3.05, 3.63) is 18.0 Å². The number of rotatable bonds is 3. The van der Waals surface area contributed by atoms with Crippen molar-refractivity contribution in [1.29, 1.82) is 0 Å². The summed E-state index contributed by atoms with van der Waals surface area (Å²) < 4.78 is 7.53. The molecule has 5 heteroatoms. The van der Waals surface area contributed by atoms with Crippen LogP contribution in [-0.4, -0.2) is 21.6 Å². The van der Waals surface area contributed by atoms with Gasteiger partial charge in [-0.1, -0.05) is 26.7 Å². The van der Waals surface area contributed by atoms with Crippen molar-refractivity contribution < 1.29 is 4.74 Å². The lowest BCUT2D eigenvalue weighted by Crippen LogP contribution is -2.28. The van der Waals surface area contributed by atoms with Gasteiger partial charge in [-0.3, -0.25) is 0 Å². The number of halogens is 1. The Balaban J connectivity index is 2.14. The highest BCUT2D eigenvalue weighted by atomic mass is 35.5. The van der Waals surface area contributed by atoms with Crippen LogP contribution in [0.4, 0.5) is 0 Å². The van der Waals surface area contributed by atoms with E-state index < -0.39 is 0 Å². The summed E-state index contributed by atoms with van der Waals surface area (Å²) in [5.74, 6) is 3.27. The number of nitrogens with zero attached hydrogens (tertiary/aromatic N) is 3. The zero-order chi connectivity index (χ0) is 15.0. The second-order valence-electron chi connectivity index (χ2n) is 6.06. The van der Waals surface area contributed by atoms with E-state index in [0.717, 1.165) is 22.9 Å². The zero-order valence-electron chi connectivity index (χ0n) is 12.8. The molecule has 0 saturated heterocycles. The number of aromatic nitrogens is 3. The molecule has 0 bridgehead atoms. The van der Waals surface area contributed by atoms with Crippen LogP contribution in [-0.2, 0) is 5.88 Å². The van der Waals surface area contributed by atoms with E-state index in [-0.39, 0.29) is 0 Å². The molecular formula is C16H22ClN3O. The third-order valence-electron chi connectivity index (χ3n) is 4.91. The Morgan fingerprint density at radius 2 is 2.10 bits per heavy atom. The van der Waals surface area contributed by atoms with Crippen LogP contribution in [0, 0.1) is 11.8 Å². The highest BCUT2D eigenvalue weighted by molar-refractivity contribution is 6.16. The van der Waals surface area contributed by atoms with Crippen LogP contribution in [0.25, 0.3) is 11.2 Å². The molecule has 21 heavy (non-hydrogen) atoms. The van der Waals surface area contributed by atoms with Gasteiger partial charge in [-0.15, -0.1) is 11.6 Å². The Morgan fingerprint density at radius 1 is 1.29 bits per heavy atom. The van der Waals surface area contributed by atoms with Gasteiger partial charge >= 0.3 is 0 Å². The Morgan fingerprint density at radius 3 is 2.81 bits per heavy atom. The molecule has 1 saturated carbocycles. The molecule has 1 fully saturated rings. The van der Waals surface area contributed by atoms with Crippen LogP contribution in [0.15, 0.2) is 12.1 Å². The minimum atomic E-state index is 0.413. The van der Waals surface area contributed by atoms with Gasteiger partial charge in [0.25, 0.3) is 0 Å². The molecule has 0 amide bonds. The lowest BCUT2D eigenvalue weighted by Gasteiger charge is -2.35. The molecule has 2 aromatic heterocycles. The first-order valence-electron chi connectivity index (χ1n) is 7.63. The van der Waals surface area contributed by atoms with Gasteiger partial charge in [0.1, 0.15) is 11.3 Å². The molecule has 3 unspecified atom stereocenters. The molecule has 0 N–H and O–H groups in total. The SMILES string of the molecule is COc1ccc2nc(CCl)n(C3CCCC(C)C3C)c2n1. The first-order chi connectivity index (χ1) is 10.2. The second-order valence-corrected chi connectivity index (χ2v) is 6.33. The summed E-state index contributed by atoms with van der Waals surface area (Å²) in [6, 6.07) is 4.24. The van der Waals surface area contributed by atoms with Gasteiger partial charge in [-0.2, -0.15) is 4.98 Å². The summed E-state index contributed by atoms with van der Waals surface area (Å²) in [4.78, 5) is 9.27. The van der Waals surface area contributed by atoms with Crippen LogP contribution >= 0.6 is 11.6 Å². The molecule has 2 heterocycles. The summed E-state index contributed by atoms with van der Waals surface area (Å²) >= 11 is 6.14. The number of methoxy groups -OCH3 is 1. The molecule has 2 aromatic rings. The number of imidazole rings is 1. The summed E-state index contributed by atoms with van der Waals surface area (Å²) in [7, 11) is 1.64. The monoisotopic (exact) mass is 307 g/mol. The first-order valence-corrected chi connectivity index (χ1v) is 8.17. The molecular weight excluding hydrogens is 286 g/mol. The lowest BCUT2D eigenvalue weighted by molar-refractivity contribution is 0.186. The van der Waals surface area contributed by atoms with Gasteiger partial charge in [0.05, 0.1) is 13.0 Å². The van der Waals surface area contributed by atoms with E-state index in [1.54, 1.807) is 7.11 Å². The summed E-state index contributed by atoms with van der Waals surface area (Å²) in [6.07, 6.45) is 3.72. The van der Waals surface area contributed by atoms with Crippen molar-refractivity contribution in [2.75, 3.05) is 7.11 Å². The molecule has 114 valence electrons. The largest absolute Gasteiger partial charge is 0.481 e. The minimum Gasteiger partial charge on any atom is -0.481 e. The summed E-state index contributed by atoms with van der Waals surface area (Å²) in [5.41, 5.74) is 1.80. The number of alkyl halides is 1. The standard InChI is InChI=1S/C16H22ClN3O/c1-10-5-4-6-13(11(10)2)20-14(9-17)18-12-7-8-15(21-3)19-16(12)20/h7-8,10-11,13H,4-6,9H2,1-3H3. The van der Waals surface area contributed by atoms with Gasteiger partial charge < -0.3 is 9.30 Å². The maximum atomic E-state index is 6.14. The normalized spacial score (nSPS) is 26.2. The fourth-order valence-electron chi connectivity index (χ4n) is 3.48. The first kappa shape index (κ1) is 14.6. The Labute approximate surface area is 130 Å². The quantitative estimate of drug-likeness (QED) is 0.799. The topological polar surface area (TPSA) is 39.9 Å². The van der Waals surface area contributed by atoms with Crippen LogP contribution in [0.3, 0.4) is 0 Å². The van der Waals surface area contributed by atoms with Gasteiger partial charge in [-0.05, 0) is 24.3 Å². The number of pyridine rings is 1. The zero-order valence-corrected chi connectivity index (χ0v) is 13.6. The van der Waals surface area contributed by atoms with E-state index in [1.807, 2.05) is 12.1 Å². The smallest absolute Gasteiger partial charge is 0.215 e. The average Bonchev–Trinajstić information content (AvgIpc) is 2.87. The highest BCUT2D eigenvalue weighted by Crippen LogP contribution is 2.40. The molecule has 1 aliphatic rings. The van der Waals surface area contributed by atoms with Crippen LogP contribution in [0.5, 0.6) is 5.88 Å². The van der Waals surface area contributed by atoms with Gasteiger partial charge in [0.2, 0.25) is 5.88 Å². The molecule has 3 rings (SSSR count). The Kier molecular flexibility index (Phi) is 4.07. The fourth-order valence-corrected chi connectivity index (χ4v) is 3.67. The van der Waals surface area contributed by atoms with Gasteiger partial charge in [0, 0.05) is 12.1 Å². The number of hydrogen-bond acceptors (Lipinski definition) is 3. The molecule has 3 atom stereocenters. The highest BCUT2D eigenvalue weighted by Gasteiger charge is 2.31. The third kappa shape index (κ3) is 2.50. The maximum absolute atomic E-state index is 6.14. The van der Waals surface area contributed by atoms with Crippen molar-refractivity contribution in [3.63, 3.8) is 0 Å². The lowest BCUT2D eigenvalue weighted by atomic mass is 9.78. The summed E-state index contributed by atoms with van der Waals surface area (Å²) in [5, 5.41) is 0. The molecule has 0 aromatic carbocycles. The molecule has 1 aliphatic carbocycles. The number of hydrogen-bond donors (Lipinski definition) is 0. The van der Waals surface area contributed by atoms with E-state index in [0.29, 0.717) is 23.7 Å². The van der Waals surface area contributed by atoms with E-state index in [2.05, 4.69) is 28.4 Å². The Hall–Kier alpha value is -1.29. The van der Waals surface area contributed by atoms with E-state index in [1.165, 1.54) is 19.3 Å². The van der Waals surface area contributed by atoms with Crippen molar-refractivity contribution >= 4 is 22.8 Å². The molecule has 4 nitrogen and oxygen atoms in total. The van der Waals surface area contributed by atoms with Crippen molar-refractivity contribution in [2.24, 2.45) is 11.8 Å². The number of ether oxygens (including phenoxy) is 1. The Bertz CT molecular complexity index is 640. The van der Waals surface area contributed by atoms with Crippen molar-refractivity contribution in [1.82, 2.24) is 14.5 Å². The average molecular weight is 308 g/mol. The van der Waals surface area contributed by atoms with Gasteiger partial charge in [-0.25, -0.2) is 4.98 Å². The molecule has 0 radical (unpaired) electrons. The fraction of sp³-hybridized carbons (Fsp3) is 0.625. The minimum absolute atomic E-state index is 0.413.